The number of benzene rings is 2. The largest absolute Gasteiger partial charge is 0.450 e. The van der Waals surface area contributed by atoms with E-state index in [0.29, 0.717) is 0 Å². The highest BCUT2D eigenvalue weighted by Crippen LogP contribution is 2.26. The standard InChI is InChI=1S/C22H20N4O8/c23-22(31)34-10-4-9-17(25-20(29)15-7-1-2-8-16(15)21(25)30)19(28)24-12-18(27)13-5-3-6-14(11-13)26(32)33/h1-3,5-8,11,17H,4,9-10,12H2,(H2,23,31)(H,24,28). The maximum absolute atomic E-state index is 13.0. The predicted octanol–water partition coefficient (Wildman–Crippen LogP) is 1.43. The number of nitrogens with zero attached hydrogens (tertiary/aromatic N) is 2. The normalized spacial score (nSPS) is 13.2. The maximum Gasteiger partial charge on any atom is 0.404 e. The molecule has 1 heterocycles. The third-order valence-electron chi connectivity index (χ3n) is 5.11. The number of Topliss-reactive ketones (excluding diaryl/α,β-unsaturated/α-hetero) is 1. The van der Waals surface area contributed by atoms with Crippen molar-refractivity contribution in [2.45, 2.75) is 18.9 Å². The summed E-state index contributed by atoms with van der Waals surface area (Å²) in [5.74, 6) is -2.72. The number of hydrogen-bond acceptors (Lipinski definition) is 8. The third-order valence-corrected chi connectivity index (χ3v) is 5.11. The fourth-order valence-corrected chi connectivity index (χ4v) is 3.50. The molecular weight excluding hydrogens is 448 g/mol. The highest BCUT2D eigenvalue weighted by molar-refractivity contribution is 6.22. The van der Waals surface area contributed by atoms with E-state index in [9.17, 15) is 34.1 Å². The van der Waals surface area contributed by atoms with E-state index in [4.69, 9.17) is 5.73 Å². The van der Waals surface area contributed by atoms with Crippen molar-refractivity contribution in [2.24, 2.45) is 5.73 Å². The Kier molecular flexibility index (Phi) is 7.31. The van der Waals surface area contributed by atoms with Gasteiger partial charge in [-0.1, -0.05) is 24.3 Å². The van der Waals surface area contributed by atoms with E-state index in [0.717, 1.165) is 11.0 Å². The van der Waals surface area contributed by atoms with Gasteiger partial charge in [-0.25, -0.2) is 4.79 Å². The number of imide groups is 1. The molecule has 0 bridgehead atoms. The Morgan fingerprint density at radius 3 is 2.29 bits per heavy atom. The van der Waals surface area contributed by atoms with E-state index < -0.39 is 47.1 Å². The molecule has 3 rings (SSSR count). The molecule has 4 amide bonds. The number of fused-ring (bicyclic) bond motifs is 1. The van der Waals surface area contributed by atoms with Crippen LogP contribution < -0.4 is 11.1 Å². The van der Waals surface area contributed by atoms with E-state index in [1.165, 1.54) is 30.3 Å². The number of ketones is 1. The van der Waals surface area contributed by atoms with Gasteiger partial charge in [-0.2, -0.15) is 0 Å². The number of hydrogen-bond donors (Lipinski definition) is 2. The summed E-state index contributed by atoms with van der Waals surface area (Å²) < 4.78 is 4.65. The molecule has 12 nitrogen and oxygen atoms in total. The molecule has 1 aliphatic heterocycles. The molecule has 1 unspecified atom stereocenters. The summed E-state index contributed by atoms with van der Waals surface area (Å²) in [7, 11) is 0. The summed E-state index contributed by atoms with van der Waals surface area (Å²) >= 11 is 0. The number of nitro benzene ring substituents is 1. The number of nitrogens with one attached hydrogen (secondary N) is 1. The van der Waals surface area contributed by atoms with Gasteiger partial charge < -0.3 is 15.8 Å². The lowest BCUT2D eigenvalue weighted by Crippen LogP contribution is -2.50. The van der Waals surface area contributed by atoms with Crippen LogP contribution in [0.15, 0.2) is 48.5 Å². The molecular formula is C22H20N4O8. The van der Waals surface area contributed by atoms with Gasteiger partial charge in [0.05, 0.1) is 29.2 Å². The van der Waals surface area contributed by atoms with Gasteiger partial charge in [0, 0.05) is 17.7 Å². The fourth-order valence-electron chi connectivity index (χ4n) is 3.50. The van der Waals surface area contributed by atoms with Crippen LogP contribution in [-0.2, 0) is 9.53 Å². The van der Waals surface area contributed by atoms with Crippen LogP contribution in [0.3, 0.4) is 0 Å². The van der Waals surface area contributed by atoms with Crippen LogP contribution in [0.2, 0.25) is 0 Å². The van der Waals surface area contributed by atoms with Crippen molar-refractivity contribution in [3.63, 3.8) is 0 Å². The molecule has 2 aromatic carbocycles. The molecule has 0 aromatic heterocycles. The molecule has 176 valence electrons. The summed E-state index contributed by atoms with van der Waals surface area (Å²) in [4.78, 5) is 73.0. The molecule has 1 atom stereocenters. The van der Waals surface area contributed by atoms with Gasteiger partial charge in [-0.15, -0.1) is 0 Å². The average molecular weight is 468 g/mol. The number of carbonyl (C=O) groups is 5. The van der Waals surface area contributed by atoms with Gasteiger partial charge in [-0.05, 0) is 25.0 Å². The molecule has 0 radical (unpaired) electrons. The van der Waals surface area contributed by atoms with Crippen molar-refractivity contribution in [1.29, 1.82) is 0 Å². The Morgan fingerprint density at radius 2 is 1.71 bits per heavy atom. The minimum Gasteiger partial charge on any atom is -0.450 e. The zero-order valence-corrected chi connectivity index (χ0v) is 17.8. The number of rotatable bonds is 10. The van der Waals surface area contributed by atoms with Crippen molar-refractivity contribution in [2.75, 3.05) is 13.2 Å². The van der Waals surface area contributed by atoms with Crippen LogP contribution in [0.1, 0.15) is 43.9 Å². The molecule has 2 aromatic rings. The number of primary amides is 1. The molecule has 1 aliphatic rings. The Labute approximate surface area is 192 Å². The summed E-state index contributed by atoms with van der Waals surface area (Å²) in [5.41, 5.74) is 4.94. The number of non-ortho nitro benzene ring substituents is 1. The Bertz CT molecular complexity index is 1140. The molecule has 0 saturated heterocycles. The smallest absolute Gasteiger partial charge is 0.404 e. The van der Waals surface area contributed by atoms with E-state index in [1.807, 2.05) is 0 Å². The SMILES string of the molecule is NC(=O)OCCCC(C(=O)NCC(=O)c1cccc([N+](=O)[O-])c1)N1C(=O)c2ccccc2C1=O. The summed E-state index contributed by atoms with van der Waals surface area (Å²) in [6.45, 7) is -0.660. The van der Waals surface area contributed by atoms with E-state index in [-0.39, 0.29) is 41.8 Å². The molecule has 0 spiro atoms. The molecule has 0 fully saturated rings. The number of ether oxygens (including phenoxy) is 1. The second-order valence-electron chi connectivity index (χ2n) is 7.30. The maximum atomic E-state index is 13.0. The van der Waals surface area contributed by atoms with Crippen molar-refractivity contribution in [3.05, 3.63) is 75.3 Å². The molecule has 12 heteroatoms. The van der Waals surface area contributed by atoms with Crippen molar-refractivity contribution in [3.8, 4) is 0 Å². The fraction of sp³-hybridized carbons (Fsp3) is 0.227. The van der Waals surface area contributed by atoms with Crippen molar-refractivity contribution >= 4 is 35.3 Å². The second kappa shape index (κ2) is 10.3. The lowest BCUT2D eigenvalue weighted by atomic mass is 10.1. The molecule has 0 aliphatic carbocycles. The predicted molar refractivity (Wildman–Crippen MR) is 116 cm³/mol. The zero-order valence-electron chi connectivity index (χ0n) is 17.8. The van der Waals surface area contributed by atoms with Crippen LogP contribution in [0, 0.1) is 10.1 Å². The lowest BCUT2D eigenvalue weighted by Gasteiger charge is -2.25. The van der Waals surface area contributed by atoms with Crippen LogP contribution >= 0.6 is 0 Å². The number of nitro groups is 1. The topological polar surface area (TPSA) is 179 Å². The first-order valence-electron chi connectivity index (χ1n) is 10.1. The van der Waals surface area contributed by atoms with Gasteiger partial charge in [0.1, 0.15) is 6.04 Å². The van der Waals surface area contributed by atoms with Crippen LogP contribution in [-0.4, -0.2) is 58.6 Å². The monoisotopic (exact) mass is 468 g/mol. The Balaban J connectivity index is 1.75. The average Bonchev–Trinajstić information content (AvgIpc) is 3.07. The third kappa shape index (κ3) is 5.23. The first kappa shape index (κ1) is 24.0. The van der Waals surface area contributed by atoms with E-state index in [1.54, 1.807) is 12.1 Å². The van der Waals surface area contributed by atoms with Gasteiger partial charge in [0.2, 0.25) is 5.91 Å². The van der Waals surface area contributed by atoms with Crippen molar-refractivity contribution < 1.29 is 33.6 Å². The van der Waals surface area contributed by atoms with Crippen LogP contribution in [0.5, 0.6) is 0 Å². The van der Waals surface area contributed by atoms with E-state index in [2.05, 4.69) is 10.1 Å². The highest BCUT2D eigenvalue weighted by atomic mass is 16.6. The lowest BCUT2D eigenvalue weighted by molar-refractivity contribution is -0.384. The highest BCUT2D eigenvalue weighted by Gasteiger charge is 2.42. The minimum absolute atomic E-state index is 0.0154. The Hall–Kier alpha value is -4.61. The summed E-state index contributed by atoms with van der Waals surface area (Å²) in [6.07, 6.45) is -0.965. The second-order valence-corrected chi connectivity index (χ2v) is 7.30. The van der Waals surface area contributed by atoms with Gasteiger partial charge in [0.25, 0.3) is 17.5 Å². The zero-order chi connectivity index (χ0) is 24.8. The first-order valence-corrected chi connectivity index (χ1v) is 10.1. The number of carbonyl (C=O) groups excluding carboxylic acids is 5. The van der Waals surface area contributed by atoms with Gasteiger partial charge >= 0.3 is 6.09 Å². The summed E-state index contributed by atoms with van der Waals surface area (Å²) in [5, 5.41) is 13.3. The Morgan fingerprint density at radius 1 is 1.06 bits per heavy atom. The number of amides is 4. The van der Waals surface area contributed by atoms with Gasteiger partial charge in [0.15, 0.2) is 5.78 Å². The minimum atomic E-state index is -1.29. The van der Waals surface area contributed by atoms with Crippen molar-refractivity contribution in [1.82, 2.24) is 10.2 Å². The van der Waals surface area contributed by atoms with Crippen LogP contribution in [0.4, 0.5) is 10.5 Å². The van der Waals surface area contributed by atoms with Crippen LogP contribution in [0.25, 0.3) is 0 Å². The summed E-state index contributed by atoms with van der Waals surface area (Å²) in [6, 6.07) is 9.82. The quantitative estimate of drug-likeness (QED) is 0.173. The molecule has 34 heavy (non-hydrogen) atoms. The van der Waals surface area contributed by atoms with E-state index >= 15 is 0 Å². The van der Waals surface area contributed by atoms with Gasteiger partial charge in [-0.3, -0.25) is 34.2 Å². The first-order chi connectivity index (χ1) is 16.2. The molecule has 3 N–H and O–H groups in total. The molecule has 0 saturated carbocycles. The number of nitrogens with two attached hydrogens (primary N) is 1.